The number of hydrogen-bond acceptors (Lipinski definition) is 6. The largest absolute Gasteiger partial charge is 0.454 e. The molecule has 0 aromatic carbocycles. The van der Waals surface area contributed by atoms with E-state index in [1.165, 1.54) is 11.3 Å². The summed E-state index contributed by atoms with van der Waals surface area (Å²) in [4.78, 5) is 30.1. The van der Waals surface area contributed by atoms with Crippen LogP contribution in [-0.2, 0) is 16.1 Å². The first-order chi connectivity index (χ1) is 10.0. The van der Waals surface area contributed by atoms with Crippen molar-refractivity contribution in [3.05, 3.63) is 15.6 Å². The number of esters is 1. The zero-order chi connectivity index (χ0) is 15.4. The Balaban J connectivity index is 1.99. The lowest BCUT2D eigenvalue weighted by Crippen LogP contribution is -2.54. The van der Waals surface area contributed by atoms with Crippen molar-refractivity contribution >= 4 is 23.3 Å². The lowest BCUT2D eigenvalue weighted by molar-refractivity contribution is 0.0190. The molecule has 2 heterocycles. The molecular weight excluding hydrogens is 294 g/mol. The lowest BCUT2D eigenvalue weighted by Gasteiger charge is -2.31. The molecule has 1 aromatic heterocycles. The highest BCUT2D eigenvalue weighted by Gasteiger charge is 2.28. The highest BCUT2D eigenvalue weighted by atomic mass is 32.1. The van der Waals surface area contributed by atoms with Crippen LogP contribution in [0.3, 0.4) is 0 Å². The van der Waals surface area contributed by atoms with Gasteiger partial charge in [0, 0.05) is 13.7 Å². The molecule has 0 spiro atoms. The highest BCUT2D eigenvalue weighted by molar-refractivity contribution is 7.13. The number of nitrogens with one attached hydrogen (secondary N) is 1. The molecule has 21 heavy (non-hydrogen) atoms. The van der Waals surface area contributed by atoms with Crippen LogP contribution in [-0.4, -0.2) is 54.7 Å². The summed E-state index contributed by atoms with van der Waals surface area (Å²) in [5.74, 6) is -0.399. The van der Waals surface area contributed by atoms with Crippen molar-refractivity contribution in [1.82, 2.24) is 15.2 Å². The molecule has 1 aliphatic rings. The minimum absolute atomic E-state index is 0.124. The molecule has 7 nitrogen and oxygen atoms in total. The van der Waals surface area contributed by atoms with Gasteiger partial charge in [-0.2, -0.15) is 0 Å². The van der Waals surface area contributed by atoms with E-state index in [1.54, 1.807) is 18.9 Å². The molecule has 0 saturated carbocycles. The number of ether oxygens (including phenoxy) is 2. The third kappa shape index (κ3) is 3.70. The third-order valence-corrected chi connectivity index (χ3v) is 4.25. The van der Waals surface area contributed by atoms with Crippen molar-refractivity contribution in [2.45, 2.75) is 26.6 Å². The Morgan fingerprint density at radius 2 is 2.33 bits per heavy atom. The van der Waals surface area contributed by atoms with E-state index in [1.807, 2.05) is 6.92 Å². The first-order valence-electron chi connectivity index (χ1n) is 6.74. The maximum absolute atomic E-state index is 12.2. The summed E-state index contributed by atoms with van der Waals surface area (Å²) in [6.07, 6.45) is -0.345. The van der Waals surface area contributed by atoms with Crippen LogP contribution in [0.25, 0.3) is 0 Å². The normalized spacial score (nSPS) is 18.5. The van der Waals surface area contributed by atoms with Gasteiger partial charge in [0.1, 0.15) is 16.0 Å². The number of thiazole rings is 1. The number of nitrogens with zero attached hydrogens (tertiary/aromatic N) is 2. The summed E-state index contributed by atoms with van der Waals surface area (Å²) in [5, 5.41) is 3.45. The van der Waals surface area contributed by atoms with Gasteiger partial charge in [0.15, 0.2) is 0 Å². The monoisotopic (exact) mass is 313 g/mol. The average Bonchev–Trinajstić information content (AvgIpc) is 2.82. The van der Waals surface area contributed by atoms with Gasteiger partial charge in [-0.15, -0.1) is 11.3 Å². The highest BCUT2D eigenvalue weighted by Crippen LogP contribution is 2.20. The SMILES string of the molecule is CCN1CC(OC(=O)c2sc(COC)nc2C)CNC1=O. The van der Waals surface area contributed by atoms with Gasteiger partial charge in [0.05, 0.1) is 25.4 Å². The molecule has 2 rings (SSSR count). The summed E-state index contributed by atoms with van der Waals surface area (Å²) in [6.45, 7) is 5.36. The number of aryl methyl sites for hydroxylation is 1. The number of methoxy groups -OCH3 is 1. The number of amides is 2. The second kappa shape index (κ2) is 6.86. The van der Waals surface area contributed by atoms with Gasteiger partial charge in [-0.25, -0.2) is 14.6 Å². The maximum atomic E-state index is 12.2. The minimum Gasteiger partial charge on any atom is -0.454 e. The van der Waals surface area contributed by atoms with E-state index in [9.17, 15) is 9.59 Å². The predicted molar refractivity (Wildman–Crippen MR) is 77.4 cm³/mol. The quantitative estimate of drug-likeness (QED) is 0.825. The van der Waals surface area contributed by atoms with Crippen LogP contribution in [0.15, 0.2) is 0 Å². The molecule has 1 saturated heterocycles. The summed E-state index contributed by atoms with van der Waals surface area (Å²) >= 11 is 1.28. The summed E-state index contributed by atoms with van der Waals surface area (Å²) in [5.41, 5.74) is 0.643. The molecular formula is C13H19N3O4S. The Morgan fingerprint density at radius 3 is 3.00 bits per heavy atom. The van der Waals surface area contributed by atoms with Crippen molar-refractivity contribution in [3.63, 3.8) is 0 Å². The van der Waals surface area contributed by atoms with Gasteiger partial charge in [-0.3, -0.25) is 0 Å². The zero-order valence-electron chi connectivity index (χ0n) is 12.3. The molecule has 1 unspecified atom stereocenters. The van der Waals surface area contributed by atoms with Crippen LogP contribution in [0.5, 0.6) is 0 Å². The molecule has 0 aliphatic carbocycles. The average molecular weight is 313 g/mol. The van der Waals surface area contributed by atoms with Crippen molar-refractivity contribution in [2.24, 2.45) is 0 Å². The molecule has 116 valence electrons. The topological polar surface area (TPSA) is 80.8 Å². The van der Waals surface area contributed by atoms with Crippen molar-refractivity contribution in [1.29, 1.82) is 0 Å². The van der Waals surface area contributed by atoms with Crippen LogP contribution in [0.1, 0.15) is 27.3 Å². The summed E-state index contributed by atoms with van der Waals surface area (Å²) in [7, 11) is 1.58. The van der Waals surface area contributed by atoms with E-state index in [0.717, 1.165) is 5.01 Å². The minimum atomic E-state index is -0.399. The molecule has 0 radical (unpaired) electrons. The maximum Gasteiger partial charge on any atom is 0.350 e. The predicted octanol–water partition coefficient (Wildman–Crippen LogP) is 1.17. The standard InChI is InChI=1S/C13H19N3O4S/c1-4-16-6-9(5-14-13(16)18)20-12(17)11-8(2)15-10(21-11)7-19-3/h9H,4-7H2,1-3H3,(H,14,18). The first-order valence-corrected chi connectivity index (χ1v) is 7.55. The second-order valence-corrected chi connectivity index (χ2v) is 5.79. The van der Waals surface area contributed by atoms with E-state index >= 15 is 0 Å². The van der Waals surface area contributed by atoms with Crippen molar-refractivity contribution in [2.75, 3.05) is 26.7 Å². The molecule has 0 bridgehead atoms. The van der Waals surface area contributed by atoms with Crippen molar-refractivity contribution in [3.8, 4) is 0 Å². The number of urea groups is 1. The number of carbonyl (C=O) groups is 2. The molecule has 1 fully saturated rings. The summed E-state index contributed by atoms with van der Waals surface area (Å²) in [6, 6.07) is -0.124. The van der Waals surface area contributed by atoms with Crippen LogP contribution in [0.4, 0.5) is 4.79 Å². The number of likely N-dealkylation sites (N-methyl/N-ethyl adjacent to an activating group) is 1. The van der Waals surface area contributed by atoms with Crippen LogP contribution < -0.4 is 5.32 Å². The number of aromatic nitrogens is 1. The van der Waals surface area contributed by atoms with E-state index in [-0.39, 0.29) is 12.1 Å². The van der Waals surface area contributed by atoms with Crippen LogP contribution in [0.2, 0.25) is 0 Å². The van der Waals surface area contributed by atoms with Crippen LogP contribution >= 0.6 is 11.3 Å². The lowest BCUT2D eigenvalue weighted by atomic mass is 10.2. The number of hydrogen-bond donors (Lipinski definition) is 1. The van der Waals surface area contributed by atoms with E-state index in [2.05, 4.69) is 10.3 Å². The van der Waals surface area contributed by atoms with E-state index in [0.29, 0.717) is 36.8 Å². The Morgan fingerprint density at radius 1 is 1.57 bits per heavy atom. The molecule has 2 amide bonds. The summed E-state index contributed by atoms with van der Waals surface area (Å²) < 4.78 is 10.5. The second-order valence-electron chi connectivity index (χ2n) is 4.71. The van der Waals surface area contributed by atoms with Gasteiger partial charge >= 0.3 is 12.0 Å². The first kappa shape index (κ1) is 15.7. The Bertz CT molecular complexity index is 531. The molecule has 8 heteroatoms. The fourth-order valence-electron chi connectivity index (χ4n) is 2.09. The van der Waals surface area contributed by atoms with Crippen LogP contribution in [0, 0.1) is 6.92 Å². The van der Waals surface area contributed by atoms with Gasteiger partial charge in [0.25, 0.3) is 0 Å². The zero-order valence-corrected chi connectivity index (χ0v) is 13.2. The number of carbonyl (C=O) groups excluding carboxylic acids is 2. The smallest absolute Gasteiger partial charge is 0.350 e. The number of rotatable bonds is 5. The van der Waals surface area contributed by atoms with Gasteiger partial charge in [-0.1, -0.05) is 0 Å². The van der Waals surface area contributed by atoms with Gasteiger partial charge in [0.2, 0.25) is 0 Å². The molecule has 1 aromatic rings. The van der Waals surface area contributed by atoms with Gasteiger partial charge in [-0.05, 0) is 13.8 Å². The fourth-order valence-corrected chi connectivity index (χ4v) is 3.01. The Labute approximate surface area is 127 Å². The molecule has 1 atom stereocenters. The van der Waals surface area contributed by atoms with E-state index < -0.39 is 5.97 Å². The van der Waals surface area contributed by atoms with E-state index in [4.69, 9.17) is 9.47 Å². The Kier molecular flexibility index (Phi) is 5.13. The molecule has 1 N–H and O–H groups in total. The fraction of sp³-hybridized carbons (Fsp3) is 0.615. The third-order valence-electron chi connectivity index (χ3n) is 3.14. The Hall–Kier alpha value is -1.67. The molecule has 1 aliphatic heterocycles. The van der Waals surface area contributed by atoms with Gasteiger partial charge < -0.3 is 19.7 Å². The van der Waals surface area contributed by atoms with Crippen molar-refractivity contribution < 1.29 is 19.1 Å².